The standard InChI is InChI=1S/C18H18N2O2S/c1-22-9-4-8-19-18(21)15-11-17(13-7-10-23-12-13)20-16-6-3-2-5-14(15)16/h2-3,5-7,10-12H,4,8-9H2,1H3,(H,19,21). The van der Waals surface area contributed by atoms with Crippen molar-refractivity contribution < 1.29 is 9.53 Å². The van der Waals surface area contributed by atoms with Crippen LogP contribution in [0.4, 0.5) is 0 Å². The zero-order valence-corrected chi connectivity index (χ0v) is 13.7. The molecule has 0 aliphatic carbocycles. The third-order valence-electron chi connectivity index (χ3n) is 3.59. The molecule has 4 nitrogen and oxygen atoms in total. The van der Waals surface area contributed by atoms with Crippen LogP contribution in [-0.2, 0) is 4.74 Å². The highest BCUT2D eigenvalue weighted by Crippen LogP contribution is 2.26. The summed E-state index contributed by atoms with van der Waals surface area (Å²) in [6.45, 7) is 1.23. The molecule has 0 spiro atoms. The number of benzene rings is 1. The number of pyridine rings is 1. The molecule has 0 radical (unpaired) electrons. The van der Waals surface area contributed by atoms with Crippen LogP contribution in [0.3, 0.4) is 0 Å². The summed E-state index contributed by atoms with van der Waals surface area (Å²) < 4.78 is 5.01. The Morgan fingerprint density at radius 1 is 1.30 bits per heavy atom. The minimum Gasteiger partial charge on any atom is -0.385 e. The monoisotopic (exact) mass is 326 g/mol. The van der Waals surface area contributed by atoms with Crippen molar-refractivity contribution in [1.29, 1.82) is 0 Å². The van der Waals surface area contributed by atoms with Crippen molar-refractivity contribution in [3.8, 4) is 11.3 Å². The van der Waals surface area contributed by atoms with E-state index in [2.05, 4.69) is 10.3 Å². The highest BCUT2D eigenvalue weighted by Gasteiger charge is 2.13. The molecule has 0 atom stereocenters. The minimum atomic E-state index is -0.0730. The summed E-state index contributed by atoms with van der Waals surface area (Å²) in [6.07, 6.45) is 0.794. The maximum absolute atomic E-state index is 12.6. The van der Waals surface area contributed by atoms with Crippen molar-refractivity contribution in [1.82, 2.24) is 10.3 Å². The van der Waals surface area contributed by atoms with Crippen LogP contribution in [0.15, 0.2) is 47.2 Å². The molecule has 2 aromatic heterocycles. The number of fused-ring (bicyclic) bond motifs is 1. The molecule has 3 rings (SSSR count). The molecule has 0 aliphatic rings. The summed E-state index contributed by atoms with van der Waals surface area (Å²) in [7, 11) is 1.66. The number of hydrogen-bond donors (Lipinski definition) is 1. The highest BCUT2D eigenvalue weighted by molar-refractivity contribution is 7.08. The molecule has 2 heterocycles. The van der Waals surface area contributed by atoms with E-state index in [9.17, 15) is 4.79 Å². The van der Waals surface area contributed by atoms with Gasteiger partial charge in [0.1, 0.15) is 0 Å². The summed E-state index contributed by atoms with van der Waals surface area (Å²) in [5.74, 6) is -0.0730. The Morgan fingerprint density at radius 3 is 2.96 bits per heavy atom. The molecule has 1 amide bonds. The first-order valence-electron chi connectivity index (χ1n) is 7.49. The van der Waals surface area contributed by atoms with Crippen molar-refractivity contribution in [2.45, 2.75) is 6.42 Å². The number of ether oxygens (including phenoxy) is 1. The van der Waals surface area contributed by atoms with Crippen LogP contribution in [0.25, 0.3) is 22.2 Å². The van der Waals surface area contributed by atoms with Crippen molar-refractivity contribution in [2.24, 2.45) is 0 Å². The smallest absolute Gasteiger partial charge is 0.252 e. The molecule has 0 saturated carbocycles. The molecule has 0 bridgehead atoms. The number of aromatic nitrogens is 1. The van der Waals surface area contributed by atoms with Crippen LogP contribution in [0.5, 0.6) is 0 Å². The summed E-state index contributed by atoms with van der Waals surface area (Å²) in [6, 6.07) is 11.6. The van der Waals surface area contributed by atoms with E-state index in [1.54, 1.807) is 18.4 Å². The lowest BCUT2D eigenvalue weighted by atomic mass is 10.0. The first-order valence-corrected chi connectivity index (χ1v) is 8.43. The molecule has 1 N–H and O–H groups in total. The molecule has 1 aromatic carbocycles. The van der Waals surface area contributed by atoms with Crippen LogP contribution in [-0.4, -0.2) is 31.2 Å². The Kier molecular flexibility index (Phi) is 5.00. The van der Waals surface area contributed by atoms with Crippen molar-refractivity contribution in [3.63, 3.8) is 0 Å². The lowest BCUT2D eigenvalue weighted by Crippen LogP contribution is -2.25. The average molecular weight is 326 g/mol. The second kappa shape index (κ2) is 7.35. The Bertz CT molecular complexity index is 800. The summed E-state index contributed by atoms with van der Waals surface area (Å²) in [5.41, 5.74) is 3.36. The van der Waals surface area contributed by atoms with E-state index >= 15 is 0 Å². The number of hydrogen-bond acceptors (Lipinski definition) is 4. The van der Waals surface area contributed by atoms with E-state index in [4.69, 9.17) is 4.74 Å². The third kappa shape index (κ3) is 3.57. The number of carbonyl (C=O) groups excluding carboxylic acids is 1. The zero-order chi connectivity index (χ0) is 16.1. The maximum Gasteiger partial charge on any atom is 0.252 e. The number of carbonyl (C=O) groups is 1. The highest BCUT2D eigenvalue weighted by atomic mass is 32.1. The first kappa shape index (κ1) is 15.6. The summed E-state index contributed by atoms with van der Waals surface area (Å²) in [5, 5.41) is 7.88. The maximum atomic E-state index is 12.6. The largest absolute Gasteiger partial charge is 0.385 e. The molecular formula is C18H18N2O2S. The van der Waals surface area contributed by atoms with Gasteiger partial charge in [-0.1, -0.05) is 18.2 Å². The fourth-order valence-corrected chi connectivity index (χ4v) is 3.08. The van der Waals surface area contributed by atoms with Gasteiger partial charge in [0.25, 0.3) is 5.91 Å². The predicted octanol–water partition coefficient (Wildman–Crippen LogP) is 3.73. The van der Waals surface area contributed by atoms with Gasteiger partial charge in [-0.25, -0.2) is 4.98 Å². The van der Waals surface area contributed by atoms with E-state index in [0.717, 1.165) is 28.6 Å². The van der Waals surface area contributed by atoms with Crippen LogP contribution in [0.1, 0.15) is 16.8 Å². The average Bonchev–Trinajstić information content (AvgIpc) is 3.12. The van der Waals surface area contributed by atoms with Crippen LogP contribution in [0, 0.1) is 0 Å². The van der Waals surface area contributed by atoms with Gasteiger partial charge in [-0.05, 0) is 30.0 Å². The Hall–Kier alpha value is -2.24. The van der Waals surface area contributed by atoms with E-state index in [1.807, 2.05) is 47.2 Å². The zero-order valence-electron chi connectivity index (χ0n) is 12.9. The molecule has 5 heteroatoms. The summed E-state index contributed by atoms with van der Waals surface area (Å²) >= 11 is 1.62. The molecule has 118 valence electrons. The number of thiophene rings is 1. The Balaban J connectivity index is 1.95. The van der Waals surface area contributed by atoms with Gasteiger partial charge < -0.3 is 10.1 Å². The quantitative estimate of drug-likeness (QED) is 0.702. The van der Waals surface area contributed by atoms with E-state index in [1.165, 1.54) is 0 Å². The van der Waals surface area contributed by atoms with Gasteiger partial charge in [0, 0.05) is 36.6 Å². The van der Waals surface area contributed by atoms with Gasteiger partial charge in [-0.3, -0.25) is 4.79 Å². The van der Waals surface area contributed by atoms with Crippen molar-refractivity contribution >= 4 is 28.1 Å². The number of amides is 1. The normalized spacial score (nSPS) is 10.8. The molecule has 23 heavy (non-hydrogen) atoms. The molecule has 3 aromatic rings. The fraction of sp³-hybridized carbons (Fsp3) is 0.222. The van der Waals surface area contributed by atoms with Gasteiger partial charge in [0.05, 0.1) is 16.8 Å². The van der Waals surface area contributed by atoms with Crippen LogP contribution < -0.4 is 5.32 Å². The Labute approximate surface area is 139 Å². The minimum absolute atomic E-state index is 0.0730. The SMILES string of the molecule is COCCCNC(=O)c1cc(-c2ccsc2)nc2ccccc12. The van der Waals surface area contributed by atoms with Crippen LogP contribution >= 0.6 is 11.3 Å². The van der Waals surface area contributed by atoms with E-state index in [0.29, 0.717) is 18.7 Å². The van der Waals surface area contributed by atoms with Gasteiger partial charge in [0.15, 0.2) is 0 Å². The van der Waals surface area contributed by atoms with E-state index < -0.39 is 0 Å². The number of methoxy groups -OCH3 is 1. The molecule has 0 unspecified atom stereocenters. The number of nitrogens with one attached hydrogen (secondary N) is 1. The number of para-hydroxylation sites is 1. The van der Waals surface area contributed by atoms with Gasteiger partial charge in [-0.2, -0.15) is 11.3 Å². The third-order valence-corrected chi connectivity index (χ3v) is 4.27. The molecule has 0 aliphatic heterocycles. The number of nitrogens with zero attached hydrogens (tertiary/aromatic N) is 1. The van der Waals surface area contributed by atoms with Crippen molar-refractivity contribution in [3.05, 3.63) is 52.7 Å². The number of rotatable bonds is 6. The predicted molar refractivity (Wildman–Crippen MR) is 93.9 cm³/mol. The second-order valence-corrected chi connectivity index (χ2v) is 5.97. The lowest BCUT2D eigenvalue weighted by Gasteiger charge is -2.10. The van der Waals surface area contributed by atoms with Crippen molar-refractivity contribution in [2.75, 3.05) is 20.3 Å². The van der Waals surface area contributed by atoms with Gasteiger partial charge in [-0.15, -0.1) is 0 Å². The molecule has 0 fully saturated rings. The molecule has 0 saturated heterocycles. The molecular weight excluding hydrogens is 308 g/mol. The van der Waals surface area contributed by atoms with Gasteiger partial charge in [0.2, 0.25) is 0 Å². The summed E-state index contributed by atoms with van der Waals surface area (Å²) in [4.78, 5) is 17.2. The lowest BCUT2D eigenvalue weighted by molar-refractivity contribution is 0.0950. The topological polar surface area (TPSA) is 51.2 Å². The van der Waals surface area contributed by atoms with E-state index in [-0.39, 0.29) is 5.91 Å². The Morgan fingerprint density at radius 2 is 2.17 bits per heavy atom. The first-order chi connectivity index (χ1) is 11.3. The van der Waals surface area contributed by atoms with Gasteiger partial charge >= 0.3 is 0 Å². The second-order valence-electron chi connectivity index (χ2n) is 5.19. The van der Waals surface area contributed by atoms with Crippen LogP contribution in [0.2, 0.25) is 0 Å². The fourth-order valence-electron chi connectivity index (χ4n) is 2.44.